The van der Waals surface area contributed by atoms with Crippen LogP contribution in [-0.2, 0) is 20.7 Å². The minimum absolute atomic E-state index is 0.0374. The van der Waals surface area contributed by atoms with Crippen molar-refractivity contribution >= 4 is 23.6 Å². The molecule has 3 aromatic rings. The van der Waals surface area contributed by atoms with Crippen molar-refractivity contribution in [3.05, 3.63) is 94.5 Å². The fraction of sp³-hybridized carbons (Fsp3) is 0.303. The van der Waals surface area contributed by atoms with Gasteiger partial charge in [0.15, 0.2) is 0 Å². The number of amides is 3. The molecule has 0 saturated heterocycles. The van der Waals surface area contributed by atoms with Crippen molar-refractivity contribution in [2.45, 2.75) is 65.6 Å². The fourth-order valence-electron chi connectivity index (χ4n) is 4.32. The van der Waals surface area contributed by atoms with Crippen LogP contribution in [-0.4, -0.2) is 39.6 Å². The Labute approximate surface area is 241 Å². The van der Waals surface area contributed by atoms with Crippen LogP contribution >= 0.6 is 0 Å². The van der Waals surface area contributed by atoms with Gasteiger partial charge in [-0.3, -0.25) is 14.5 Å². The van der Waals surface area contributed by atoms with Crippen LogP contribution in [0, 0.1) is 33.2 Å². The molecule has 0 radical (unpaired) electrons. The number of phenols is 1. The quantitative estimate of drug-likeness (QED) is 0.249. The molecule has 0 aliphatic rings. The molecule has 3 aromatic carbocycles. The van der Waals surface area contributed by atoms with E-state index in [1.807, 2.05) is 51.1 Å². The molecule has 2 unspecified atom stereocenters. The van der Waals surface area contributed by atoms with Crippen molar-refractivity contribution in [3.8, 4) is 18.2 Å². The molecule has 2 atom stereocenters. The van der Waals surface area contributed by atoms with Crippen LogP contribution in [0.15, 0.2) is 66.7 Å². The van der Waals surface area contributed by atoms with Crippen LogP contribution in [0.1, 0.15) is 54.6 Å². The average Bonchev–Trinajstić information content (AvgIpc) is 2.89. The van der Waals surface area contributed by atoms with Gasteiger partial charge in [0, 0.05) is 18.2 Å². The van der Waals surface area contributed by atoms with Gasteiger partial charge in [0.25, 0.3) is 11.8 Å². The van der Waals surface area contributed by atoms with Gasteiger partial charge in [0.2, 0.25) is 0 Å². The molecule has 41 heavy (non-hydrogen) atoms. The van der Waals surface area contributed by atoms with E-state index in [-0.39, 0.29) is 12.2 Å². The van der Waals surface area contributed by atoms with E-state index in [0.717, 1.165) is 21.6 Å². The molecule has 214 valence electrons. The highest BCUT2D eigenvalue weighted by molar-refractivity contribution is 6.00. The van der Waals surface area contributed by atoms with E-state index in [9.17, 15) is 19.5 Å². The van der Waals surface area contributed by atoms with Gasteiger partial charge in [-0.1, -0.05) is 66.6 Å². The highest BCUT2D eigenvalue weighted by Crippen LogP contribution is 2.27. The summed E-state index contributed by atoms with van der Waals surface area (Å²) >= 11 is 0. The second kappa shape index (κ2) is 13.1. The number of benzene rings is 3. The molecule has 0 fully saturated rings. The fourth-order valence-corrected chi connectivity index (χ4v) is 4.32. The number of hydrogen-bond donors (Lipinski definition) is 3. The summed E-state index contributed by atoms with van der Waals surface area (Å²) in [5.74, 6) is -1.11. The normalized spacial score (nSPS) is 12.4. The van der Waals surface area contributed by atoms with Crippen molar-refractivity contribution in [1.82, 2.24) is 10.2 Å². The second-order valence-electron chi connectivity index (χ2n) is 11.0. The van der Waals surface area contributed by atoms with Crippen LogP contribution in [0.4, 0.5) is 10.5 Å². The van der Waals surface area contributed by atoms with Crippen LogP contribution in [0.2, 0.25) is 0 Å². The van der Waals surface area contributed by atoms with Crippen molar-refractivity contribution in [2.75, 3.05) is 5.32 Å². The Morgan fingerprint density at radius 2 is 1.54 bits per heavy atom. The number of para-hydroxylation sites is 1. The molecule has 0 spiro atoms. The number of carbonyl (C=O) groups excluding carboxylic acids is 3. The van der Waals surface area contributed by atoms with Crippen LogP contribution in [0.5, 0.6) is 5.75 Å². The number of ether oxygens (including phenoxy) is 1. The summed E-state index contributed by atoms with van der Waals surface area (Å²) < 4.78 is 5.41. The molecule has 3 rings (SSSR count). The number of aromatic hydroxyl groups is 1. The van der Waals surface area contributed by atoms with Crippen LogP contribution < -0.4 is 10.6 Å². The number of hydrogen-bond acceptors (Lipinski definition) is 5. The highest BCUT2D eigenvalue weighted by atomic mass is 16.6. The zero-order valence-electron chi connectivity index (χ0n) is 24.3. The smallest absolute Gasteiger partial charge is 0.408 e. The summed E-state index contributed by atoms with van der Waals surface area (Å²) in [5, 5.41) is 15.3. The van der Waals surface area contributed by atoms with E-state index in [4.69, 9.17) is 11.2 Å². The second-order valence-corrected chi connectivity index (χ2v) is 11.0. The van der Waals surface area contributed by atoms with Gasteiger partial charge in [0.1, 0.15) is 23.4 Å². The topological polar surface area (TPSA) is 108 Å². The van der Waals surface area contributed by atoms with Crippen molar-refractivity contribution in [3.63, 3.8) is 0 Å². The largest absolute Gasteiger partial charge is 0.508 e. The van der Waals surface area contributed by atoms with Gasteiger partial charge >= 0.3 is 6.09 Å². The summed E-state index contributed by atoms with van der Waals surface area (Å²) in [4.78, 5) is 41.8. The zero-order chi connectivity index (χ0) is 30.3. The third kappa shape index (κ3) is 8.36. The number of phenolic OH excluding ortho intramolecular Hbond substituents is 1. The Morgan fingerprint density at radius 3 is 2.07 bits per heavy atom. The summed E-state index contributed by atoms with van der Waals surface area (Å²) in [5.41, 5.74) is 3.67. The Hall–Kier alpha value is -4.77. The van der Waals surface area contributed by atoms with Crippen molar-refractivity contribution < 1.29 is 24.2 Å². The Bertz CT molecular complexity index is 1410. The third-order valence-electron chi connectivity index (χ3n) is 6.37. The molecule has 3 amide bonds. The van der Waals surface area contributed by atoms with Gasteiger partial charge in [-0.25, -0.2) is 4.79 Å². The van der Waals surface area contributed by atoms with Crippen LogP contribution in [0.3, 0.4) is 0 Å². The lowest BCUT2D eigenvalue weighted by Gasteiger charge is -2.31. The number of carbonyl (C=O) groups is 3. The summed E-state index contributed by atoms with van der Waals surface area (Å²) in [6.07, 6.45) is 5.14. The first kappa shape index (κ1) is 30.8. The third-order valence-corrected chi connectivity index (χ3v) is 6.37. The van der Waals surface area contributed by atoms with Gasteiger partial charge in [-0.05, 0) is 75.9 Å². The van der Waals surface area contributed by atoms with E-state index < -0.39 is 35.6 Å². The number of aryl methyl sites for hydroxylation is 3. The maximum absolute atomic E-state index is 14.1. The molecule has 0 saturated carbocycles. The monoisotopic (exact) mass is 555 g/mol. The first-order valence-corrected chi connectivity index (χ1v) is 13.3. The van der Waals surface area contributed by atoms with Gasteiger partial charge in [-0.2, -0.15) is 0 Å². The molecule has 0 aromatic heterocycles. The van der Waals surface area contributed by atoms with Crippen molar-refractivity contribution in [2.24, 2.45) is 0 Å². The standard InChI is InChI=1S/C33H37N3O5/c1-8-36(31(39)27(34-32(40)41-33(5,6)7)20-24-14-18-26(37)19-15-24)29(25-16-12-21(2)13-17-25)30(38)35-28-22(3)10-9-11-23(28)4/h1,9-19,27,29,37H,20H2,2-7H3,(H,34,40)(H,35,38). The molecule has 0 heterocycles. The average molecular weight is 556 g/mol. The zero-order valence-corrected chi connectivity index (χ0v) is 24.3. The van der Waals surface area contributed by atoms with E-state index in [1.165, 1.54) is 12.1 Å². The van der Waals surface area contributed by atoms with Crippen LogP contribution in [0.25, 0.3) is 0 Å². The molecule has 8 nitrogen and oxygen atoms in total. The van der Waals surface area contributed by atoms with Crippen molar-refractivity contribution in [1.29, 1.82) is 0 Å². The predicted molar refractivity (Wildman–Crippen MR) is 159 cm³/mol. The molecular weight excluding hydrogens is 518 g/mol. The number of nitrogens with one attached hydrogen (secondary N) is 2. The number of anilines is 1. The molecular formula is C33H37N3O5. The van der Waals surface area contributed by atoms with E-state index >= 15 is 0 Å². The molecule has 3 N–H and O–H groups in total. The maximum Gasteiger partial charge on any atom is 0.408 e. The lowest BCUT2D eigenvalue weighted by Crippen LogP contribution is -2.51. The highest BCUT2D eigenvalue weighted by Gasteiger charge is 2.36. The van der Waals surface area contributed by atoms with Gasteiger partial charge in [-0.15, -0.1) is 0 Å². The molecule has 0 aliphatic heterocycles. The summed E-state index contributed by atoms with van der Waals surface area (Å²) in [6, 6.07) is 19.1. The number of nitrogens with zero attached hydrogens (tertiary/aromatic N) is 1. The minimum Gasteiger partial charge on any atom is -0.508 e. The predicted octanol–water partition coefficient (Wildman–Crippen LogP) is 5.55. The SMILES string of the molecule is C#CN(C(=O)C(Cc1ccc(O)cc1)NC(=O)OC(C)(C)C)C(C(=O)Nc1c(C)cccc1C)c1ccc(C)cc1. The number of terminal acetylenes is 1. The first-order valence-electron chi connectivity index (χ1n) is 13.3. The minimum atomic E-state index is -1.20. The van der Waals surface area contributed by atoms with E-state index in [2.05, 4.69) is 16.7 Å². The number of rotatable bonds is 8. The molecule has 8 heteroatoms. The Balaban J connectivity index is 2.03. The first-order chi connectivity index (χ1) is 19.3. The summed E-state index contributed by atoms with van der Waals surface area (Å²) in [6.45, 7) is 10.8. The Morgan fingerprint density at radius 1 is 0.951 bits per heavy atom. The van der Waals surface area contributed by atoms with Gasteiger partial charge < -0.3 is 20.5 Å². The summed E-state index contributed by atoms with van der Waals surface area (Å²) in [7, 11) is 0. The van der Waals surface area contributed by atoms with E-state index in [1.54, 1.807) is 45.0 Å². The number of alkyl carbamates (subject to hydrolysis) is 1. The Kier molecular flexibility index (Phi) is 9.80. The molecule has 0 bridgehead atoms. The van der Waals surface area contributed by atoms with E-state index in [0.29, 0.717) is 16.8 Å². The molecule has 0 aliphatic carbocycles. The maximum atomic E-state index is 14.1. The lowest BCUT2D eigenvalue weighted by atomic mass is 9.99. The van der Waals surface area contributed by atoms with Gasteiger partial charge in [0.05, 0.1) is 0 Å². The lowest BCUT2D eigenvalue weighted by molar-refractivity contribution is -0.136.